The van der Waals surface area contributed by atoms with Gasteiger partial charge in [-0.1, -0.05) is 90.7 Å². The highest BCUT2D eigenvalue weighted by Gasteiger charge is 2.30. The second-order valence-electron chi connectivity index (χ2n) is 5.08. The molecule has 0 aromatic heterocycles. The van der Waals surface area contributed by atoms with Gasteiger partial charge in [0.05, 0.1) is 6.04 Å². The standard InChI is InChI=1S/C19H16NOPS/c21-19(20-16-10-4-1-5-11-16)22(23,17-12-6-2-7-13-17)18-14-8-3-9-15-18/h1-15H,(H,20,21). The van der Waals surface area contributed by atoms with Crippen molar-refractivity contribution >= 4 is 39.8 Å². The molecule has 4 heteroatoms. The molecule has 0 spiro atoms. The quantitative estimate of drug-likeness (QED) is 0.717. The van der Waals surface area contributed by atoms with Crippen LogP contribution in [0.5, 0.6) is 0 Å². The number of nitrogens with one attached hydrogen (secondary N) is 1. The molecule has 0 unspecified atom stereocenters. The summed E-state index contributed by atoms with van der Waals surface area (Å²) in [4.78, 5) is 13.1. The molecular weight excluding hydrogens is 321 g/mol. The third kappa shape index (κ3) is 3.26. The van der Waals surface area contributed by atoms with Crippen molar-refractivity contribution in [1.82, 2.24) is 0 Å². The minimum Gasteiger partial charge on any atom is -0.321 e. The molecule has 2 nitrogen and oxygen atoms in total. The molecule has 0 aliphatic heterocycles. The Morgan fingerprint density at radius 2 is 1.09 bits per heavy atom. The summed E-state index contributed by atoms with van der Waals surface area (Å²) >= 11 is 5.96. The van der Waals surface area contributed by atoms with Crippen LogP contribution in [0.4, 0.5) is 10.5 Å². The fraction of sp³-hybridized carbons (Fsp3) is 0. The molecular formula is C19H16NOPS. The van der Waals surface area contributed by atoms with E-state index in [1.54, 1.807) is 0 Å². The molecule has 23 heavy (non-hydrogen) atoms. The Hall–Kier alpha value is -2.22. The molecule has 3 aromatic carbocycles. The second-order valence-corrected chi connectivity index (χ2v) is 9.38. The summed E-state index contributed by atoms with van der Waals surface area (Å²) in [5.74, 6) is 0. The van der Waals surface area contributed by atoms with Crippen molar-refractivity contribution in [3.63, 3.8) is 0 Å². The molecule has 0 aliphatic carbocycles. The first-order valence-electron chi connectivity index (χ1n) is 7.29. The lowest BCUT2D eigenvalue weighted by Gasteiger charge is -2.22. The average molecular weight is 337 g/mol. The fourth-order valence-corrected chi connectivity index (χ4v) is 5.49. The lowest BCUT2D eigenvalue weighted by molar-refractivity contribution is 0.269. The van der Waals surface area contributed by atoms with Crippen LogP contribution < -0.4 is 15.9 Å². The van der Waals surface area contributed by atoms with Gasteiger partial charge in [0, 0.05) is 5.69 Å². The fourth-order valence-electron chi connectivity index (χ4n) is 2.38. The van der Waals surface area contributed by atoms with Crippen molar-refractivity contribution in [2.24, 2.45) is 0 Å². The van der Waals surface area contributed by atoms with Crippen molar-refractivity contribution in [2.45, 2.75) is 0 Å². The highest BCUT2D eigenvalue weighted by atomic mass is 32.4. The molecule has 1 N–H and O–H groups in total. The van der Waals surface area contributed by atoms with E-state index < -0.39 is 6.04 Å². The maximum Gasteiger partial charge on any atom is 0.263 e. The van der Waals surface area contributed by atoms with Gasteiger partial charge in [0.15, 0.2) is 0 Å². The molecule has 0 saturated heterocycles. The Kier molecular flexibility index (Phi) is 4.71. The summed E-state index contributed by atoms with van der Waals surface area (Å²) in [6.07, 6.45) is 0. The maximum atomic E-state index is 13.1. The van der Waals surface area contributed by atoms with E-state index in [1.807, 2.05) is 91.0 Å². The zero-order valence-corrected chi connectivity index (χ0v) is 14.1. The van der Waals surface area contributed by atoms with E-state index in [4.69, 9.17) is 11.8 Å². The smallest absolute Gasteiger partial charge is 0.263 e. The zero-order chi connectivity index (χ0) is 16.1. The molecule has 0 radical (unpaired) electrons. The predicted molar refractivity (Wildman–Crippen MR) is 102 cm³/mol. The highest BCUT2D eigenvalue weighted by Crippen LogP contribution is 2.45. The monoisotopic (exact) mass is 337 g/mol. The van der Waals surface area contributed by atoms with E-state index in [-0.39, 0.29) is 5.65 Å². The van der Waals surface area contributed by atoms with Crippen LogP contribution in [0.1, 0.15) is 0 Å². The lowest BCUT2D eigenvalue weighted by atomic mass is 10.3. The van der Waals surface area contributed by atoms with E-state index >= 15 is 0 Å². The normalized spacial score (nSPS) is 11.0. The van der Waals surface area contributed by atoms with Gasteiger partial charge in [-0.15, -0.1) is 0 Å². The van der Waals surface area contributed by atoms with E-state index in [1.165, 1.54) is 0 Å². The Labute approximate surface area is 141 Å². The van der Waals surface area contributed by atoms with Crippen LogP contribution >= 0.6 is 6.04 Å². The van der Waals surface area contributed by atoms with Crippen LogP contribution in [0.3, 0.4) is 0 Å². The van der Waals surface area contributed by atoms with Gasteiger partial charge in [-0.3, -0.25) is 4.79 Å². The number of anilines is 1. The van der Waals surface area contributed by atoms with Gasteiger partial charge in [0.2, 0.25) is 0 Å². The van der Waals surface area contributed by atoms with Crippen molar-refractivity contribution in [3.8, 4) is 0 Å². The first-order valence-corrected chi connectivity index (χ1v) is 10.1. The van der Waals surface area contributed by atoms with Gasteiger partial charge < -0.3 is 5.32 Å². The second kappa shape index (κ2) is 6.91. The average Bonchev–Trinajstić information content (AvgIpc) is 2.63. The summed E-state index contributed by atoms with van der Waals surface area (Å²) in [7, 11) is 0. The van der Waals surface area contributed by atoms with Crippen LogP contribution in [0.25, 0.3) is 0 Å². The van der Waals surface area contributed by atoms with Crippen LogP contribution in [-0.2, 0) is 11.8 Å². The summed E-state index contributed by atoms with van der Waals surface area (Å²) in [5.41, 5.74) is 0.648. The molecule has 114 valence electrons. The Morgan fingerprint density at radius 3 is 1.52 bits per heavy atom. The van der Waals surface area contributed by atoms with Crippen LogP contribution in [0.15, 0.2) is 91.0 Å². The first kappa shape index (κ1) is 15.7. The number of carbonyl (C=O) groups excluding carboxylic acids is 1. The van der Waals surface area contributed by atoms with Gasteiger partial charge in [-0.25, -0.2) is 0 Å². The van der Waals surface area contributed by atoms with Crippen molar-refractivity contribution in [3.05, 3.63) is 91.0 Å². The summed E-state index contributed by atoms with van der Waals surface area (Å²) in [6, 6.07) is 26.2. The van der Waals surface area contributed by atoms with E-state index in [0.717, 1.165) is 16.3 Å². The van der Waals surface area contributed by atoms with Crippen molar-refractivity contribution in [1.29, 1.82) is 0 Å². The van der Waals surface area contributed by atoms with Crippen LogP contribution in [0, 0.1) is 0 Å². The van der Waals surface area contributed by atoms with Crippen LogP contribution in [-0.4, -0.2) is 5.65 Å². The van der Waals surface area contributed by atoms with Crippen LogP contribution in [0.2, 0.25) is 0 Å². The number of hydrogen-bond acceptors (Lipinski definition) is 2. The molecule has 0 saturated carbocycles. The largest absolute Gasteiger partial charge is 0.321 e. The van der Waals surface area contributed by atoms with Gasteiger partial charge in [0.1, 0.15) is 0 Å². The lowest BCUT2D eigenvalue weighted by Crippen LogP contribution is -2.25. The molecule has 1 amide bonds. The minimum atomic E-state index is -2.60. The predicted octanol–water partition coefficient (Wildman–Crippen LogP) is 4.35. The van der Waals surface area contributed by atoms with E-state index in [9.17, 15) is 4.79 Å². The van der Waals surface area contributed by atoms with Gasteiger partial charge in [-0.05, 0) is 22.7 Å². The highest BCUT2D eigenvalue weighted by molar-refractivity contribution is 8.29. The summed E-state index contributed by atoms with van der Waals surface area (Å²) in [5, 5.41) is 4.78. The van der Waals surface area contributed by atoms with Gasteiger partial charge in [-0.2, -0.15) is 0 Å². The van der Waals surface area contributed by atoms with Gasteiger partial charge >= 0.3 is 0 Å². The maximum absolute atomic E-state index is 13.1. The zero-order valence-electron chi connectivity index (χ0n) is 12.4. The Balaban J connectivity index is 2.06. The third-order valence-electron chi connectivity index (χ3n) is 3.55. The molecule has 3 aromatic rings. The summed E-state index contributed by atoms with van der Waals surface area (Å²) < 4.78 is 0. The number of para-hydroxylation sites is 1. The number of amides is 1. The number of hydrogen-bond donors (Lipinski definition) is 1. The molecule has 0 heterocycles. The first-order chi connectivity index (χ1) is 11.2. The molecule has 0 bridgehead atoms. The van der Waals surface area contributed by atoms with Crippen molar-refractivity contribution < 1.29 is 4.79 Å². The van der Waals surface area contributed by atoms with E-state index in [2.05, 4.69) is 5.32 Å². The topological polar surface area (TPSA) is 29.1 Å². The minimum absolute atomic E-state index is 0.115. The number of benzene rings is 3. The Morgan fingerprint density at radius 1 is 0.696 bits per heavy atom. The Bertz CT molecular complexity index is 792. The van der Waals surface area contributed by atoms with Gasteiger partial charge in [0.25, 0.3) is 5.65 Å². The SMILES string of the molecule is O=C(Nc1ccccc1)P(=S)(c1ccccc1)c1ccccc1. The summed E-state index contributed by atoms with van der Waals surface area (Å²) in [6.45, 7) is 0. The molecule has 0 fully saturated rings. The molecule has 0 atom stereocenters. The van der Waals surface area contributed by atoms with E-state index in [0.29, 0.717) is 0 Å². The molecule has 0 aliphatic rings. The van der Waals surface area contributed by atoms with Crippen molar-refractivity contribution in [2.75, 3.05) is 5.32 Å². The third-order valence-corrected chi connectivity index (χ3v) is 8.05. The number of rotatable bonds is 4. The molecule has 3 rings (SSSR count). The number of carbonyl (C=O) groups is 1.